The molecule has 3 aromatic carbocycles. The van der Waals surface area contributed by atoms with Crippen LogP contribution < -0.4 is 4.74 Å². The maximum Gasteiger partial charge on any atom is 0.295 e. The predicted octanol–water partition coefficient (Wildman–Crippen LogP) is 6.24. The lowest BCUT2D eigenvalue weighted by Gasteiger charge is -2.25. The van der Waals surface area contributed by atoms with Crippen molar-refractivity contribution in [3.05, 3.63) is 136 Å². The molecule has 1 aliphatic rings. The maximum atomic E-state index is 13.3. The molecule has 2 heterocycles. The van der Waals surface area contributed by atoms with Crippen LogP contribution in [0.2, 0.25) is 5.02 Å². The summed E-state index contributed by atoms with van der Waals surface area (Å²) in [5.41, 5.74) is 4.13. The summed E-state index contributed by atoms with van der Waals surface area (Å²) in [6, 6.07) is 24.6. The summed E-state index contributed by atoms with van der Waals surface area (Å²) in [7, 11) is 0. The zero-order valence-electron chi connectivity index (χ0n) is 20.7. The number of pyridine rings is 1. The summed E-state index contributed by atoms with van der Waals surface area (Å²) < 4.78 is 5.89. The Morgan fingerprint density at radius 3 is 2.34 bits per heavy atom. The molecule has 4 aromatic rings. The van der Waals surface area contributed by atoms with Crippen LogP contribution in [-0.4, -0.2) is 26.7 Å². The van der Waals surface area contributed by atoms with Crippen LogP contribution in [0.4, 0.5) is 0 Å². The van der Waals surface area contributed by atoms with E-state index >= 15 is 0 Å². The number of amides is 1. The van der Waals surface area contributed by atoms with E-state index in [0.29, 0.717) is 28.5 Å². The number of carbonyl (C=O) groups excluding carboxylic acids is 2. The fourth-order valence-electron chi connectivity index (χ4n) is 4.55. The van der Waals surface area contributed by atoms with Crippen molar-refractivity contribution in [1.82, 2.24) is 9.88 Å². The number of hydrogen-bond donors (Lipinski definition) is 1. The minimum Gasteiger partial charge on any atom is -0.507 e. The van der Waals surface area contributed by atoms with Gasteiger partial charge in [-0.2, -0.15) is 0 Å². The largest absolute Gasteiger partial charge is 0.507 e. The molecule has 0 saturated carbocycles. The molecule has 0 aliphatic carbocycles. The Balaban J connectivity index is 1.47. The lowest BCUT2D eigenvalue weighted by molar-refractivity contribution is -0.140. The van der Waals surface area contributed by atoms with Gasteiger partial charge in [-0.05, 0) is 72.1 Å². The average Bonchev–Trinajstić information content (AvgIpc) is 3.18. The number of hydrogen-bond acceptors (Lipinski definition) is 5. The molecule has 0 radical (unpaired) electrons. The van der Waals surface area contributed by atoms with Crippen LogP contribution in [0, 0.1) is 6.92 Å². The summed E-state index contributed by atoms with van der Waals surface area (Å²) in [4.78, 5) is 31.9. The molecule has 6 nitrogen and oxygen atoms in total. The first kappa shape index (κ1) is 25.2. The summed E-state index contributed by atoms with van der Waals surface area (Å²) in [5, 5.41) is 11.8. The summed E-state index contributed by atoms with van der Waals surface area (Å²) >= 11 is 6.10. The molecule has 1 aliphatic heterocycles. The van der Waals surface area contributed by atoms with E-state index in [0.717, 1.165) is 16.7 Å². The van der Waals surface area contributed by atoms with Crippen molar-refractivity contribution in [1.29, 1.82) is 0 Å². The number of rotatable bonds is 7. The molecule has 0 bridgehead atoms. The van der Waals surface area contributed by atoms with Gasteiger partial charge >= 0.3 is 0 Å². The van der Waals surface area contributed by atoms with Crippen molar-refractivity contribution in [3.63, 3.8) is 0 Å². The van der Waals surface area contributed by atoms with Crippen molar-refractivity contribution in [2.75, 3.05) is 0 Å². The van der Waals surface area contributed by atoms with Gasteiger partial charge in [-0.1, -0.05) is 53.6 Å². The SMILES string of the molecule is Cc1cccc(COc2ccc(/C(O)=C3\C(=O)C(=O)N(Cc4ccncc4)[C@@H]3c3ccc(Cl)cc3)cc2)c1. The topological polar surface area (TPSA) is 79.7 Å². The Bertz CT molecular complexity index is 1500. The summed E-state index contributed by atoms with van der Waals surface area (Å²) in [5.74, 6) is -1.04. The molecule has 38 heavy (non-hydrogen) atoms. The molecule has 0 unspecified atom stereocenters. The van der Waals surface area contributed by atoms with Gasteiger partial charge in [0.15, 0.2) is 0 Å². The van der Waals surface area contributed by atoms with Crippen molar-refractivity contribution in [2.45, 2.75) is 26.1 Å². The van der Waals surface area contributed by atoms with Gasteiger partial charge in [-0.15, -0.1) is 0 Å². The predicted molar refractivity (Wildman–Crippen MR) is 145 cm³/mol. The van der Waals surface area contributed by atoms with Crippen LogP contribution in [0.1, 0.15) is 33.9 Å². The van der Waals surface area contributed by atoms with E-state index in [1.807, 2.05) is 25.1 Å². The highest BCUT2D eigenvalue weighted by Gasteiger charge is 2.46. The highest BCUT2D eigenvalue weighted by molar-refractivity contribution is 6.46. The number of aryl methyl sites for hydroxylation is 1. The number of nitrogens with zero attached hydrogens (tertiary/aromatic N) is 2. The number of Topliss-reactive ketones (excluding diaryl/α,β-unsaturated/α-hetero) is 1. The lowest BCUT2D eigenvalue weighted by Crippen LogP contribution is -2.29. The molecule has 7 heteroatoms. The highest BCUT2D eigenvalue weighted by Crippen LogP contribution is 2.40. The Kier molecular flexibility index (Phi) is 7.24. The number of benzene rings is 3. The highest BCUT2D eigenvalue weighted by atomic mass is 35.5. The number of ether oxygens (including phenoxy) is 1. The number of carbonyl (C=O) groups is 2. The molecular weight excluding hydrogens is 500 g/mol. The fourth-order valence-corrected chi connectivity index (χ4v) is 4.68. The molecule has 190 valence electrons. The zero-order valence-corrected chi connectivity index (χ0v) is 21.4. The van der Waals surface area contributed by atoms with E-state index in [4.69, 9.17) is 16.3 Å². The van der Waals surface area contributed by atoms with Gasteiger partial charge in [0, 0.05) is 29.5 Å². The van der Waals surface area contributed by atoms with Crippen LogP contribution >= 0.6 is 11.6 Å². The average molecular weight is 525 g/mol. The van der Waals surface area contributed by atoms with E-state index < -0.39 is 17.7 Å². The number of halogens is 1. The first-order valence-electron chi connectivity index (χ1n) is 12.1. The van der Waals surface area contributed by atoms with E-state index in [2.05, 4.69) is 11.1 Å². The molecule has 1 aromatic heterocycles. The van der Waals surface area contributed by atoms with Crippen LogP contribution in [0.15, 0.2) is 103 Å². The standard InChI is InChI=1S/C31H25ClN2O4/c1-20-3-2-4-22(17-20)19-38-26-11-7-24(8-12-26)29(35)27-28(23-5-9-25(32)10-6-23)34(31(37)30(27)36)18-21-13-15-33-16-14-21/h2-17,28,35H,18-19H2,1H3/b29-27+/t28-/m1/s1. The van der Waals surface area contributed by atoms with Crippen LogP contribution in [0.25, 0.3) is 5.76 Å². The second kappa shape index (κ2) is 10.9. The Morgan fingerprint density at radius 2 is 1.66 bits per heavy atom. The van der Waals surface area contributed by atoms with Gasteiger partial charge in [0.2, 0.25) is 0 Å². The molecule has 1 saturated heterocycles. The van der Waals surface area contributed by atoms with Gasteiger partial charge in [0.1, 0.15) is 18.1 Å². The molecule has 1 amide bonds. The molecule has 1 N–H and O–H groups in total. The Morgan fingerprint density at radius 1 is 0.947 bits per heavy atom. The third-order valence-corrected chi connectivity index (χ3v) is 6.70. The zero-order chi connectivity index (χ0) is 26.6. The lowest BCUT2D eigenvalue weighted by atomic mass is 9.95. The van der Waals surface area contributed by atoms with Crippen molar-refractivity contribution >= 4 is 29.1 Å². The number of aromatic nitrogens is 1. The Hall–Kier alpha value is -4.42. The number of aliphatic hydroxyl groups excluding tert-OH is 1. The van der Waals surface area contributed by atoms with Gasteiger partial charge in [0.25, 0.3) is 11.7 Å². The van der Waals surface area contributed by atoms with Crippen molar-refractivity contribution < 1.29 is 19.4 Å². The van der Waals surface area contributed by atoms with E-state index in [-0.39, 0.29) is 17.9 Å². The first-order valence-corrected chi connectivity index (χ1v) is 12.5. The summed E-state index contributed by atoms with van der Waals surface area (Å²) in [6.07, 6.45) is 3.26. The normalized spacial score (nSPS) is 16.6. The molecule has 1 fully saturated rings. The molecular formula is C31H25ClN2O4. The van der Waals surface area contributed by atoms with Gasteiger partial charge in [-0.25, -0.2) is 0 Å². The third-order valence-electron chi connectivity index (χ3n) is 6.44. The minimum absolute atomic E-state index is 0.0276. The van der Waals surface area contributed by atoms with E-state index in [1.54, 1.807) is 73.1 Å². The van der Waals surface area contributed by atoms with E-state index in [9.17, 15) is 14.7 Å². The molecule has 0 spiro atoms. The van der Waals surface area contributed by atoms with Crippen LogP contribution in [0.3, 0.4) is 0 Å². The molecule has 5 rings (SSSR count). The third kappa shape index (κ3) is 5.31. The smallest absolute Gasteiger partial charge is 0.295 e. The second-order valence-electron chi connectivity index (χ2n) is 9.14. The quantitative estimate of drug-likeness (QED) is 0.176. The number of likely N-dealkylation sites (tertiary alicyclic amines) is 1. The summed E-state index contributed by atoms with van der Waals surface area (Å²) in [6.45, 7) is 2.62. The number of ketones is 1. The van der Waals surface area contributed by atoms with E-state index in [1.165, 1.54) is 4.90 Å². The van der Waals surface area contributed by atoms with Gasteiger partial charge in [-0.3, -0.25) is 14.6 Å². The molecule has 1 atom stereocenters. The maximum absolute atomic E-state index is 13.3. The van der Waals surface area contributed by atoms with Crippen molar-refractivity contribution in [2.24, 2.45) is 0 Å². The van der Waals surface area contributed by atoms with Gasteiger partial charge < -0.3 is 14.7 Å². The van der Waals surface area contributed by atoms with Crippen LogP contribution in [-0.2, 0) is 22.7 Å². The number of aliphatic hydroxyl groups is 1. The Labute approximate surface area is 225 Å². The van der Waals surface area contributed by atoms with Gasteiger partial charge in [0.05, 0.1) is 11.6 Å². The van der Waals surface area contributed by atoms with Crippen molar-refractivity contribution in [3.8, 4) is 5.75 Å². The fraction of sp³-hybridized carbons (Fsp3) is 0.129. The van der Waals surface area contributed by atoms with Crippen LogP contribution in [0.5, 0.6) is 5.75 Å². The first-order chi connectivity index (χ1) is 18.4. The minimum atomic E-state index is -0.780. The monoisotopic (exact) mass is 524 g/mol. The second-order valence-corrected chi connectivity index (χ2v) is 9.57.